The molecule has 2 aromatic rings. The molecule has 1 atom stereocenters. The molecule has 6 heteroatoms. The van der Waals surface area contributed by atoms with Gasteiger partial charge < -0.3 is 5.73 Å². The van der Waals surface area contributed by atoms with Gasteiger partial charge in [-0.15, -0.1) is 11.3 Å². The summed E-state index contributed by atoms with van der Waals surface area (Å²) in [6.07, 6.45) is -4.39. The number of rotatable bonds is 2. The smallest absolute Gasteiger partial charge is 0.320 e. The molecule has 0 spiro atoms. The van der Waals surface area contributed by atoms with Crippen molar-refractivity contribution in [2.45, 2.75) is 19.1 Å². The van der Waals surface area contributed by atoms with E-state index in [0.29, 0.717) is 4.88 Å². The maximum absolute atomic E-state index is 12.9. The van der Waals surface area contributed by atoms with E-state index in [9.17, 15) is 13.2 Å². The highest BCUT2D eigenvalue weighted by Crippen LogP contribution is 2.38. The molecule has 1 nitrogen and oxygen atoms in total. The highest BCUT2D eigenvalue weighted by atomic mass is 79.9. The van der Waals surface area contributed by atoms with Crippen LogP contribution in [0.15, 0.2) is 34.8 Å². The predicted molar refractivity (Wildman–Crippen MR) is 74.2 cm³/mol. The van der Waals surface area contributed by atoms with Crippen molar-refractivity contribution in [2.75, 3.05) is 0 Å². The van der Waals surface area contributed by atoms with Crippen LogP contribution in [0.4, 0.5) is 13.2 Å². The normalized spacial score (nSPS) is 13.6. The van der Waals surface area contributed by atoms with Crippen molar-refractivity contribution in [3.63, 3.8) is 0 Å². The van der Waals surface area contributed by atoms with Gasteiger partial charge in [0.05, 0.1) is 11.6 Å². The molecular formula is C13H11BrF3NS. The maximum Gasteiger partial charge on any atom is 0.416 e. The van der Waals surface area contributed by atoms with Gasteiger partial charge in [-0.1, -0.05) is 18.2 Å². The number of hydrogen-bond donors (Lipinski definition) is 1. The summed E-state index contributed by atoms with van der Waals surface area (Å²) in [6, 6.07) is 6.43. The zero-order chi connectivity index (χ0) is 14.2. The van der Waals surface area contributed by atoms with Crippen LogP contribution in [0, 0.1) is 6.92 Å². The number of thiophene rings is 1. The summed E-state index contributed by atoms with van der Waals surface area (Å²) < 4.78 is 39.7. The van der Waals surface area contributed by atoms with Gasteiger partial charge in [-0.25, -0.2) is 0 Å². The Kier molecular flexibility index (Phi) is 4.03. The minimum atomic E-state index is -4.39. The molecule has 0 bridgehead atoms. The lowest BCUT2D eigenvalue weighted by Gasteiger charge is -2.17. The molecule has 0 radical (unpaired) electrons. The largest absolute Gasteiger partial charge is 0.416 e. The van der Waals surface area contributed by atoms with Gasteiger partial charge in [0, 0.05) is 14.2 Å². The van der Waals surface area contributed by atoms with Crippen molar-refractivity contribution < 1.29 is 13.2 Å². The van der Waals surface area contributed by atoms with Crippen molar-refractivity contribution in [1.29, 1.82) is 0 Å². The van der Waals surface area contributed by atoms with Gasteiger partial charge in [0.1, 0.15) is 0 Å². The first-order valence-corrected chi connectivity index (χ1v) is 7.09. The Labute approximate surface area is 121 Å². The first kappa shape index (κ1) is 14.6. The van der Waals surface area contributed by atoms with E-state index in [-0.39, 0.29) is 5.56 Å². The quantitative estimate of drug-likeness (QED) is 0.820. The average molecular weight is 350 g/mol. The molecule has 0 saturated carbocycles. The Morgan fingerprint density at radius 1 is 1.26 bits per heavy atom. The standard InChI is InChI=1S/C13H11BrF3NS/c1-7-10(14)6-11(19-7)12(18)8-4-2-3-5-9(8)13(15,16)17/h2-6,12H,18H2,1H3. The van der Waals surface area contributed by atoms with E-state index < -0.39 is 17.8 Å². The van der Waals surface area contributed by atoms with Crippen LogP contribution in [0.25, 0.3) is 0 Å². The molecule has 2 N–H and O–H groups in total. The van der Waals surface area contributed by atoms with Gasteiger partial charge >= 0.3 is 6.18 Å². The molecule has 0 amide bonds. The summed E-state index contributed by atoms with van der Waals surface area (Å²) in [5.41, 5.74) is 5.41. The average Bonchev–Trinajstić information content (AvgIpc) is 2.68. The zero-order valence-corrected chi connectivity index (χ0v) is 12.4. The van der Waals surface area contributed by atoms with Gasteiger partial charge in [0.25, 0.3) is 0 Å². The summed E-state index contributed by atoms with van der Waals surface area (Å²) >= 11 is 4.74. The predicted octanol–water partition coefficient (Wildman–Crippen LogP) is 4.89. The summed E-state index contributed by atoms with van der Waals surface area (Å²) in [5.74, 6) is 0. The summed E-state index contributed by atoms with van der Waals surface area (Å²) in [6.45, 7) is 1.89. The number of nitrogens with two attached hydrogens (primary N) is 1. The molecule has 1 unspecified atom stereocenters. The van der Waals surface area contributed by atoms with Crippen molar-refractivity contribution >= 4 is 27.3 Å². The van der Waals surface area contributed by atoms with E-state index >= 15 is 0 Å². The Morgan fingerprint density at radius 3 is 2.42 bits per heavy atom. The third kappa shape index (κ3) is 3.01. The molecule has 1 heterocycles. The fourth-order valence-corrected chi connectivity index (χ4v) is 3.40. The van der Waals surface area contributed by atoms with Crippen LogP contribution < -0.4 is 5.73 Å². The second kappa shape index (κ2) is 5.26. The second-order valence-electron chi connectivity index (χ2n) is 4.12. The summed E-state index contributed by atoms with van der Waals surface area (Å²) in [7, 11) is 0. The number of alkyl halides is 3. The van der Waals surface area contributed by atoms with Crippen LogP contribution in [-0.2, 0) is 6.18 Å². The van der Waals surface area contributed by atoms with Gasteiger partial charge in [0.15, 0.2) is 0 Å². The van der Waals surface area contributed by atoms with E-state index in [4.69, 9.17) is 5.73 Å². The first-order valence-electron chi connectivity index (χ1n) is 5.48. The summed E-state index contributed by atoms with van der Waals surface area (Å²) in [4.78, 5) is 1.70. The lowest BCUT2D eigenvalue weighted by Crippen LogP contribution is -2.17. The molecule has 19 heavy (non-hydrogen) atoms. The minimum Gasteiger partial charge on any atom is -0.320 e. The van der Waals surface area contributed by atoms with E-state index in [0.717, 1.165) is 15.4 Å². The molecule has 0 aliphatic carbocycles. The van der Waals surface area contributed by atoms with E-state index in [1.165, 1.54) is 23.5 Å². The number of benzene rings is 1. The van der Waals surface area contributed by atoms with Crippen molar-refractivity contribution in [3.8, 4) is 0 Å². The number of aryl methyl sites for hydroxylation is 1. The maximum atomic E-state index is 12.9. The van der Waals surface area contributed by atoms with Crippen LogP contribution in [-0.4, -0.2) is 0 Å². The Morgan fingerprint density at radius 2 is 1.89 bits per heavy atom. The molecule has 1 aromatic heterocycles. The molecule has 1 aromatic carbocycles. The van der Waals surface area contributed by atoms with Gasteiger partial charge in [-0.2, -0.15) is 13.2 Å². The SMILES string of the molecule is Cc1sc(C(N)c2ccccc2C(F)(F)F)cc1Br. The molecule has 0 fully saturated rings. The molecule has 0 aliphatic rings. The summed E-state index contributed by atoms with van der Waals surface area (Å²) in [5, 5.41) is 0. The second-order valence-corrected chi connectivity index (χ2v) is 6.26. The monoisotopic (exact) mass is 349 g/mol. The Balaban J connectivity index is 2.47. The Bertz CT molecular complexity index is 572. The van der Waals surface area contributed by atoms with Crippen molar-refractivity contribution in [2.24, 2.45) is 5.73 Å². The minimum absolute atomic E-state index is 0.101. The van der Waals surface area contributed by atoms with Gasteiger partial charge in [0.2, 0.25) is 0 Å². The lowest BCUT2D eigenvalue weighted by molar-refractivity contribution is -0.138. The van der Waals surface area contributed by atoms with Crippen LogP contribution in [0.3, 0.4) is 0 Å². The van der Waals surface area contributed by atoms with Crippen LogP contribution in [0.5, 0.6) is 0 Å². The number of halogens is 4. The highest BCUT2D eigenvalue weighted by molar-refractivity contribution is 9.10. The molecule has 0 saturated heterocycles. The lowest BCUT2D eigenvalue weighted by atomic mass is 9.99. The van der Waals surface area contributed by atoms with E-state index in [1.807, 2.05) is 6.92 Å². The zero-order valence-electron chi connectivity index (χ0n) is 9.96. The topological polar surface area (TPSA) is 26.0 Å². The van der Waals surface area contributed by atoms with Crippen LogP contribution >= 0.6 is 27.3 Å². The fraction of sp³-hybridized carbons (Fsp3) is 0.231. The number of hydrogen-bond acceptors (Lipinski definition) is 2. The van der Waals surface area contributed by atoms with Gasteiger partial charge in [-0.05, 0) is 40.5 Å². The fourth-order valence-electron chi connectivity index (χ4n) is 1.81. The third-order valence-electron chi connectivity index (χ3n) is 2.78. The third-order valence-corrected chi connectivity index (χ3v) is 5.00. The molecule has 2 rings (SSSR count). The van der Waals surface area contributed by atoms with Crippen LogP contribution in [0.2, 0.25) is 0 Å². The Hall–Kier alpha value is -0.850. The molecule has 0 aliphatic heterocycles. The highest BCUT2D eigenvalue weighted by Gasteiger charge is 2.34. The van der Waals surface area contributed by atoms with E-state index in [1.54, 1.807) is 12.1 Å². The molecular weight excluding hydrogens is 339 g/mol. The van der Waals surface area contributed by atoms with Crippen molar-refractivity contribution in [3.05, 3.63) is 55.7 Å². The van der Waals surface area contributed by atoms with E-state index in [2.05, 4.69) is 15.9 Å². The van der Waals surface area contributed by atoms with Crippen molar-refractivity contribution in [1.82, 2.24) is 0 Å². The van der Waals surface area contributed by atoms with Gasteiger partial charge in [-0.3, -0.25) is 0 Å². The van der Waals surface area contributed by atoms with Crippen LogP contribution in [0.1, 0.15) is 26.9 Å². The first-order chi connectivity index (χ1) is 8.80. The molecule has 102 valence electrons.